The van der Waals surface area contributed by atoms with Gasteiger partial charge in [0.25, 0.3) is 5.69 Å². The van der Waals surface area contributed by atoms with E-state index in [-0.39, 0.29) is 28.6 Å². The minimum absolute atomic E-state index is 0.0942. The number of benzene rings is 2. The highest BCUT2D eigenvalue weighted by atomic mass is 19.1. The highest BCUT2D eigenvalue weighted by molar-refractivity contribution is 5.98. The van der Waals surface area contributed by atoms with Gasteiger partial charge in [-0.25, -0.2) is 9.82 Å². The molecule has 166 valence electrons. The van der Waals surface area contributed by atoms with Crippen LogP contribution in [0.25, 0.3) is 11.0 Å². The fourth-order valence-corrected chi connectivity index (χ4v) is 3.71. The van der Waals surface area contributed by atoms with Crippen LogP contribution < -0.4 is 15.1 Å². The number of methoxy groups -OCH3 is 1. The molecule has 1 aliphatic rings. The SMILES string of the molecule is COc1cc([N+](=O)[O-])cc2cc(C(=O)NN=Cc3cc(F)c(N4CCCC4)cc3C)oc12. The molecule has 0 atom stereocenters. The number of halogens is 1. The third-order valence-corrected chi connectivity index (χ3v) is 5.37. The summed E-state index contributed by atoms with van der Waals surface area (Å²) in [7, 11) is 1.35. The van der Waals surface area contributed by atoms with E-state index in [0.29, 0.717) is 16.6 Å². The number of amides is 1. The summed E-state index contributed by atoms with van der Waals surface area (Å²) in [6.07, 6.45) is 3.46. The summed E-state index contributed by atoms with van der Waals surface area (Å²) in [6, 6.07) is 7.04. The highest BCUT2D eigenvalue weighted by Crippen LogP contribution is 2.33. The van der Waals surface area contributed by atoms with Gasteiger partial charge >= 0.3 is 5.91 Å². The standard InChI is InChI=1S/C22H21FN4O5/c1-13-7-18(26-5-3-4-6-26)17(23)9-15(13)12-24-25-22(28)20-10-14-8-16(27(29)30)11-19(31-2)21(14)32-20/h7-12H,3-6H2,1-2H3,(H,25,28). The maximum Gasteiger partial charge on any atom is 0.307 e. The Balaban J connectivity index is 1.51. The fraction of sp³-hybridized carbons (Fsp3) is 0.273. The molecule has 0 spiro atoms. The maximum atomic E-state index is 14.5. The van der Waals surface area contributed by atoms with E-state index < -0.39 is 10.8 Å². The summed E-state index contributed by atoms with van der Waals surface area (Å²) in [5.74, 6) is -0.950. The lowest BCUT2D eigenvalue weighted by atomic mass is 10.1. The van der Waals surface area contributed by atoms with Crippen molar-refractivity contribution < 1.29 is 23.3 Å². The van der Waals surface area contributed by atoms with Gasteiger partial charge in [0.1, 0.15) is 5.82 Å². The van der Waals surface area contributed by atoms with E-state index in [1.807, 2.05) is 11.8 Å². The average molecular weight is 440 g/mol. The van der Waals surface area contributed by atoms with Gasteiger partial charge in [0.2, 0.25) is 0 Å². The molecule has 1 amide bonds. The van der Waals surface area contributed by atoms with Gasteiger partial charge in [-0.2, -0.15) is 5.10 Å². The van der Waals surface area contributed by atoms with Gasteiger partial charge in [-0.15, -0.1) is 0 Å². The van der Waals surface area contributed by atoms with Crippen molar-refractivity contribution in [3.8, 4) is 5.75 Å². The second-order valence-electron chi connectivity index (χ2n) is 7.49. The van der Waals surface area contributed by atoms with Gasteiger partial charge in [-0.05, 0) is 43.5 Å². The number of rotatable bonds is 6. The molecule has 4 rings (SSSR count). The van der Waals surface area contributed by atoms with Crippen molar-refractivity contribution in [1.29, 1.82) is 0 Å². The summed E-state index contributed by atoms with van der Waals surface area (Å²) < 4.78 is 25.2. The Hall–Kier alpha value is -3.95. The van der Waals surface area contributed by atoms with Crippen molar-refractivity contribution >= 4 is 34.5 Å². The molecule has 1 aromatic heterocycles. The van der Waals surface area contributed by atoms with Gasteiger partial charge in [-0.1, -0.05) is 0 Å². The van der Waals surface area contributed by atoms with Gasteiger partial charge in [0, 0.05) is 30.1 Å². The molecule has 0 bridgehead atoms. The van der Waals surface area contributed by atoms with Crippen molar-refractivity contribution in [3.63, 3.8) is 0 Å². The Bertz CT molecular complexity index is 1230. The van der Waals surface area contributed by atoms with Crippen molar-refractivity contribution in [2.45, 2.75) is 19.8 Å². The smallest absolute Gasteiger partial charge is 0.307 e. The van der Waals surface area contributed by atoms with Crippen LogP contribution in [0.5, 0.6) is 5.75 Å². The summed E-state index contributed by atoms with van der Waals surface area (Å²) in [6.45, 7) is 3.53. The van der Waals surface area contributed by atoms with E-state index >= 15 is 0 Å². The number of fused-ring (bicyclic) bond motifs is 1. The number of carbonyl (C=O) groups is 1. The minimum atomic E-state index is -0.658. The predicted molar refractivity (Wildman–Crippen MR) is 117 cm³/mol. The zero-order valence-electron chi connectivity index (χ0n) is 17.6. The van der Waals surface area contributed by atoms with Crippen LogP contribution in [-0.2, 0) is 0 Å². The first kappa shape index (κ1) is 21.3. The number of ether oxygens (including phenoxy) is 1. The first-order valence-corrected chi connectivity index (χ1v) is 10.0. The Kier molecular flexibility index (Phi) is 5.76. The number of aryl methyl sites for hydroxylation is 1. The van der Waals surface area contributed by atoms with E-state index in [4.69, 9.17) is 9.15 Å². The fourth-order valence-electron chi connectivity index (χ4n) is 3.71. The number of carbonyl (C=O) groups excluding carboxylic acids is 1. The lowest BCUT2D eigenvalue weighted by molar-refractivity contribution is -0.384. The molecule has 0 unspecified atom stereocenters. The molecule has 1 saturated heterocycles. The first-order valence-electron chi connectivity index (χ1n) is 10.0. The molecule has 32 heavy (non-hydrogen) atoms. The van der Waals surface area contributed by atoms with Crippen LogP contribution in [0.1, 0.15) is 34.5 Å². The first-order chi connectivity index (χ1) is 15.4. The van der Waals surface area contributed by atoms with Crippen LogP contribution >= 0.6 is 0 Å². The van der Waals surface area contributed by atoms with E-state index in [2.05, 4.69) is 10.5 Å². The number of hydrogen-bond acceptors (Lipinski definition) is 7. The third kappa shape index (κ3) is 4.11. The van der Waals surface area contributed by atoms with E-state index in [1.165, 1.54) is 37.6 Å². The molecular weight excluding hydrogens is 419 g/mol. The monoisotopic (exact) mass is 440 g/mol. The zero-order valence-corrected chi connectivity index (χ0v) is 17.6. The Morgan fingerprint density at radius 3 is 2.72 bits per heavy atom. The van der Waals surface area contributed by atoms with Crippen LogP contribution in [0.2, 0.25) is 0 Å². The van der Waals surface area contributed by atoms with Gasteiger partial charge in [-0.3, -0.25) is 14.9 Å². The highest BCUT2D eigenvalue weighted by Gasteiger charge is 2.20. The summed E-state index contributed by atoms with van der Waals surface area (Å²) in [4.78, 5) is 25.0. The predicted octanol–water partition coefficient (Wildman–Crippen LogP) is 4.16. The Morgan fingerprint density at radius 2 is 2.03 bits per heavy atom. The molecule has 0 radical (unpaired) electrons. The largest absolute Gasteiger partial charge is 0.493 e. The van der Waals surface area contributed by atoms with Crippen molar-refractivity contribution in [1.82, 2.24) is 5.43 Å². The van der Waals surface area contributed by atoms with Crippen molar-refractivity contribution in [2.24, 2.45) is 5.10 Å². The molecule has 1 aliphatic heterocycles. The zero-order chi connectivity index (χ0) is 22.8. The molecule has 0 saturated carbocycles. The molecule has 1 fully saturated rings. The van der Waals surface area contributed by atoms with Gasteiger partial charge in [0.15, 0.2) is 17.1 Å². The number of nitrogens with zero attached hydrogens (tertiary/aromatic N) is 3. The van der Waals surface area contributed by atoms with Crippen LogP contribution in [0.15, 0.2) is 39.9 Å². The van der Waals surface area contributed by atoms with Crippen LogP contribution in [0.4, 0.5) is 15.8 Å². The number of hydrazone groups is 1. The van der Waals surface area contributed by atoms with E-state index in [0.717, 1.165) is 31.5 Å². The summed E-state index contributed by atoms with van der Waals surface area (Å²) >= 11 is 0. The second kappa shape index (κ2) is 8.66. The molecule has 2 heterocycles. The minimum Gasteiger partial charge on any atom is -0.493 e. The van der Waals surface area contributed by atoms with Gasteiger partial charge < -0.3 is 14.1 Å². The second-order valence-corrected chi connectivity index (χ2v) is 7.49. The van der Waals surface area contributed by atoms with Crippen LogP contribution in [0.3, 0.4) is 0 Å². The number of hydrogen-bond donors (Lipinski definition) is 1. The molecule has 0 aliphatic carbocycles. The number of nitro groups is 1. The number of furan rings is 1. The van der Waals surface area contributed by atoms with E-state index in [9.17, 15) is 19.3 Å². The van der Waals surface area contributed by atoms with E-state index in [1.54, 1.807) is 6.07 Å². The molecule has 1 N–H and O–H groups in total. The van der Waals surface area contributed by atoms with Gasteiger partial charge in [0.05, 0.1) is 30.0 Å². The van der Waals surface area contributed by atoms with Crippen molar-refractivity contribution in [3.05, 3.63) is 63.2 Å². The quantitative estimate of drug-likeness (QED) is 0.350. The number of nitro benzene ring substituents is 1. The van der Waals surface area contributed by atoms with Crippen LogP contribution in [-0.4, -0.2) is 37.2 Å². The summed E-state index contributed by atoms with van der Waals surface area (Å²) in [5, 5.41) is 15.3. The Labute approximate surface area is 182 Å². The normalized spacial score (nSPS) is 13.8. The lowest BCUT2D eigenvalue weighted by Gasteiger charge is -2.19. The molecule has 2 aromatic carbocycles. The average Bonchev–Trinajstić information content (AvgIpc) is 3.44. The van der Waals surface area contributed by atoms with Crippen LogP contribution in [0, 0.1) is 22.9 Å². The number of non-ortho nitro benzene ring substituents is 1. The third-order valence-electron chi connectivity index (χ3n) is 5.37. The Morgan fingerprint density at radius 1 is 1.28 bits per heavy atom. The molecule has 10 heteroatoms. The lowest BCUT2D eigenvalue weighted by Crippen LogP contribution is -2.19. The number of nitrogens with one attached hydrogen (secondary N) is 1. The molecule has 3 aromatic rings. The maximum absolute atomic E-state index is 14.5. The number of anilines is 1. The summed E-state index contributed by atoms with van der Waals surface area (Å²) in [5.41, 5.74) is 4.29. The van der Waals surface area contributed by atoms with Crippen molar-refractivity contribution in [2.75, 3.05) is 25.1 Å². The molecular formula is C22H21FN4O5. The topological polar surface area (TPSA) is 110 Å². The molecule has 9 nitrogen and oxygen atoms in total.